The van der Waals surface area contributed by atoms with Gasteiger partial charge in [0.05, 0.1) is 16.9 Å². The van der Waals surface area contributed by atoms with Gasteiger partial charge in [-0.25, -0.2) is 0 Å². The molecule has 0 aliphatic heterocycles. The lowest BCUT2D eigenvalue weighted by molar-refractivity contribution is -0.119. The van der Waals surface area contributed by atoms with Crippen LogP contribution in [0.4, 0.5) is 16.4 Å². The fourth-order valence-corrected chi connectivity index (χ4v) is 3.10. The third-order valence-corrected chi connectivity index (χ3v) is 4.36. The third kappa shape index (κ3) is 5.18. The first-order valence-electron chi connectivity index (χ1n) is 7.96. The van der Waals surface area contributed by atoms with Gasteiger partial charge in [0.2, 0.25) is 5.91 Å². The summed E-state index contributed by atoms with van der Waals surface area (Å²) in [7, 11) is 0. The fraction of sp³-hybridized carbons (Fsp3) is 0.353. The van der Waals surface area contributed by atoms with Crippen molar-refractivity contribution in [2.24, 2.45) is 17.4 Å². The highest BCUT2D eigenvalue weighted by atomic mass is 32.1. The van der Waals surface area contributed by atoms with Gasteiger partial charge < -0.3 is 22.1 Å². The van der Waals surface area contributed by atoms with Crippen molar-refractivity contribution in [1.82, 2.24) is 4.37 Å². The molecule has 0 aliphatic rings. The second-order valence-corrected chi connectivity index (χ2v) is 7.12. The Labute approximate surface area is 151 Å². The average molecular weight is 361 g/mol. The molecule has 0 saturated heterocycles. The molecule has 2 rings (SSSR count). The Morgan fingerprint density at radius 2 is 1.96 bits per heavy atom. The predicted octanol–water partition coefficient (Wildman–Crippen LogP) is 2.61. The number of carbonyl (C=O) groups is 2. The number of rotatable bonds is 8. The minimum Gasteiger partial charge on any atom is -0.374 e. The van der Waals surface area contributed by atoms with Crippen molar-refractivity contribution < 1.29 is 9.59 Å². The predicted molar refractivity (Wildman–Crippen MR) is 101 cm³/mol. The molecule has 0 aliphatic carbocycles. The molecule has 0 fully saturated rings. The van der Waals surface area contributed by atoms with Crippen LogP contribution >= 0.6 is 11.5 Å². The summed E-state index contributed by atoms with van der Waals surface area (Å²) in [6.07, 6.45) is 0.615. The van der Waals surface area contributed by atoms with E-state index >= 15 is 0 Å². The number of aryl methyl sites for hydroxylation is 1. The molecule has 8 heteroatoms. The van der Waals surface area contributed by atoms with Crippen molar-refractivity contribution in [2.45, 2.75) is 33.2 Å². The highest BCUT2D eigenvalue weighted by Gasteiger charge is 2.18. The maximum Gasteiger partial charge on any atom is 0.250 e. The molecule has 1 aromatic heterocycles. The zero-order chi connectivity index (χ0) is 18.6. The van der Waals surface area contributed by atoms with Crippen LogP contribution in [0.15, 0.2) is 24.3 Å². The van der Waals surface area contributed by atoms with Gasteiger partial charge in [0.15, 0.2) is 0 Å². The highest BCUT2D eigenvalue weighted by Crippen LogP contribution is 2.28. The summed E-state index contributed by atoms with van der Waals surface area (Å²) in [4.78, 5) is 23.3. The molecule has 1 heterocycles. The Kier molecular flexibility index (Phi) is 5.97. The maximum atomic E-state index is 11.7. The zero-order valence-corrected chi connectivity index (χ0v) is 15.3. The number of nitrogens with two attached hydrogens (primary N) is 2. The Bertz CT molecular complexity index is 772. The first-order chi connectivity index (χ1) is 11.8. The number of carbonyl (C=O) groups excluding carboxylic acids is 2. The first-order valence-corrected chi connectivity index (χ1v) is 8.73. The first kappa shape index (κ1) is 18.7. The Morgan fingerprint density at radius 1 is 1.24 bits per heavy atom. The van der Waals surface area contributed by atoms with Crippen LogP contribution in [0, 0.1) is 12.8 Å². The lowest BCUT2D eigenvalue weighted by atomic mass is 10.0. The van der Waals surface area contributed by atoms with E-state index in [0.29, 0.717) is 29.3 Å². The van der Waals surface area contributed by atoms with Crippen molar-refractivity contribution in [2.75, 3.05) is 10.6 Å². The number of anilines is 3. The van der Waals surface area contributed by atoms with Crippen LogP contribution in [-0.4, -0.2) is 22.2 Å². The molecule has 0 radical (unpaired) electrons. The molecule has 0 saturated carbocycles. The van der Waals surface area contributed by atoms with Gasteiger partial charge in [-0.2, -0.15) is 4.37 Å². The molecule has 134 valence electrons. The van der Waals surface area contributed by atoms with Crippen LogP contribution in [-0.2, 0) is 4.79 Å². The molecule has 25 heavy (non-hydrogen) atoms. The van der Waals surface area contributed by atoms with E-state index in [1.54, 1.807) is 18.2 Å². The molecular formula is C17H23N5O2S. The van der Waals surface area contributed by atoms with Crippen molar-refractivity contribution in [1.29, 1.82) is 0 Å². The number of hydrogen-bond donors (Lipinski definition) is 4. The lowest BCUT2D eigenvalue weighted by Crippen LogP contribution is -2.36. The molecule has 2 amide bonds. The van der Waals surface area contributed by atoms with Crippen LogP contribution in [0.5, 0.6) is 0 Å². The van der Waals surface area contributed by atoms with E-state index in [9.17, 15) is 9.59 Å². The van der Waals surface area contributed by atoms with Gasteiger partial charge in [0.25, 0.3) is 5.91 Å². The standard InChI is InChI=1S/C17H23N5O2S/c1-9(2)6-14(17(19)24)20-11-4-5-12(16(18)23)13(8-11)21-15-7-10(3)22-25-15/h4-5,7-9,14,20-21H,6H2,1-3H3,(H2,18,23)(H2,19,24). The Balaban J connectivity index is 2.29. The number of aromatic nitrogens is 1. The van der Waals surface area contributed by atoms with E-state index in [0.717, 1.165) is 10.7 Å². The van der Waals surface area contributed by atoms with Gasteiger partial charge >= 0.3 is 0 Å². The number of benzene rings is 1. The van der Waals surface area contributed by atoms with Gasteiger partial charge in [0, 0.05) is 5.69 Å². The minimum atomic E-state index is -0.538. The Hall–Kier alpha value is -2.61. The van der Waals surface area contributed by atoms with E-state index in [-0.39, 0.29) is 0 Å². The summed E-state index contributed by atoms with van der Waals surface area (Å²) in [6.45, 7) is 5.93. The van der Waals surface area contributed by atoms with Gasteiger partial charge in [-0.05, 0) is 55.1 Å². The molecule has 2 aromatic rings. The quantitative estimate of drug-likeness (QED) is 0.575. The average Bonchev–Trinajstić information content (AvgIpc) is 2.91. The van der Waals surface area contributed by atoms with E-state index in [4.69, 9.17) is 11.5 Å². The van der Waals surface area contributed by atoms with Gasteiger partial charge in [-0.15, -0.1) is 0 Å². The van der Waals surface area contributed by atoms with Crippen molar-refractivity contribution in [3.8, 4) is 0 Å². The maximum absolute atomic E-state index is 11.7. The summed E-state index contributed by atoms with van der Waals surface area (Å²) in [5, 5.41) is 7.08. The number of primary amides is 2. The van der Waals surface area contributed by atoms with E-state index in [2.05, 4.69) is 15.0 Å². The summed E-state index contributed by atoms with van der Waals surface area (Å²) >= 11 is 1.29. The molecule has 0 spiro atoms. The Morgan fingerprint density at radius 3 is 2.48 bits per heavy atom. The third-order valence-electron chi connectivity index (χ3n) is 3.56. The molecule has 0 bridgehead atoms. The summed E-state index contributed by atoms with van der Waals surface area (Å²) in [5.41, 5.74) is 13.4. The van der Waals surface area contributed by atoms with Gasteiger partial charge in [0.1, 0.15) is 11.0 Å². The molecule has 7 nitrogen and oxygen atoms in total. The SMILES string of the molecule is Cc1cc(Nc2cc(NC(CC(C)C)C(N)=O)ccc2C(N)=O)sn1. The summed E-state index contributed by atoms with van der Waals surface area (Å²) in [6, 6.07) is 6.46. The van der Waals surface area contributed by atoms with Crippen LogP contribution in [0.2, 0.25) is 0 Å². The highest BCUT2D eigenvalue weighted by molar-refractivity contribution is 7.10. The summed E-state index contributed by atoms with van der Waals surface area (Å²) in [5.74, 6) is -0.642. The van der Waals surface area contributed by atoms with E-state index in [1.807, 2.05) is 26.8 Å². The van der Waals surface area contributed by atoms with Crippen molar-refractivity contribution >= 4 is 39.7 Å². The number of nitrogens with one attached hydrogen (secondary N) is 2. The largest absolute Gasteiger partial charge is 0.374 e. The molecule has 1 atom stereocenters. The number of amides is 2. The normalized spacial score (nSPS) is 12.0. The van der Waals surface area contributed by atoms with Crippen LogP contribution in [0.3, 0.4) is 0 Å². The van der Waals surface area contributed by atoms with Gasteiger partial charge in [-0.3, -0.25) is 9.59 Å². The molecule has 6 N–H and O–H groups in total. The second kappa shape index (κ2) is 7.98. The molecule has 1 aromatic carbocycles. The minimum absolute atomic E-state index is 0.313. The fourth-order valence-electron chi connectivity index (χ4n) is 2.43. The van der Waals surface area contributed by atoms with Crippen LogP contribution in [0.1, 0.15) is 36.3 Å². The molecule has 1 unspecified atom stereocenters. The van der Waals surface area contributed by atoms with E-state index < -0.39 is 17.9 Å². The second-order valence-electron chi connectivity index (χ2n) is 6.31. The van der Waals surface area contributed by atoms with Gasteiger partial charge in [-0.1, -0.05) is 13.8 Å². The van der Waals surface area contributed by atoms with E-state index in [1.165, 1.54) is 11.5 Å². The number of nitrogens with zero attached hydrogens (tertiary/aromatic N) is 1. The van der Waals surface area contributed by atoms with Crippen molar-refractivity contribution in [3.63, 3.8) is 0 Å². The van der Waals surface area contributed by atoms with Crippen LogP contribution in [0.25, 0.3) is 0 Å². The smallest absolute Gasteiger partial charge is 0.250 e. The van der Waals surface area contributed by atoms with Crippen molar-refractivity contribution in [3.05, 3.63) is 35.5 Å². The topological polar surface area (TPSA) is 123 Å². The summed E-state index contributed by atoms with van der Waals surface area (Å²) < 4.78 is 4.20. The molecular weight excluding hydrogens is 338 g/mol. The van der Waals surface area contributed by atoms with Crippen LogP contribution < -0.4 is 22.1 Å². The lowest BCUT2D eigenvalue weighted by Gasteiger charge is -2.19. The monoisotopic (exact) mass is 361 g/mol. The number of hydrogen-bond acceptors (Lipinski definition) is 6. The zero-order valence-electron chi connectivity index (χ0n) is 14.5.